The molecule has 3 aromatic rings. The fraction of sp³-hybridized carbons (Fsp3) is 0.200. The van der Waals surface area contributed by atoms with Crippen molar-refractivity contribution in [2.45, 2.75) is 26.8 Å². The van der Waals surface area contributed by atoms with Crippen LogP contribution < -0.4 is 10.6 Å². The zero-order chi connectivity index (χ0) is 18.8. The second-order valence-corrected chi connectivity index (χ2v) is 6.36. The highest BCUT2D eigenvalue weighted by Gasteiger charge is 2.18. The highest BCUT2D eigenvalue weighted by atomic mass is 19.1. The molecule has 1 aromatic heterocycles. The zero-order valence-electron chi connectivity index (χ0n) is 14.7. The Bertz CT molecular complexity index is 975. The molecule has 6 heteroatoms. The third-order valence-corrected chi connectivity index (χ3v) is 3.93. The molecule has 2 amide bonds. The molecule has 1 heterocycles. The van der Waals surface area contributed by atoms with Gasteiger partial charge in [0.25, 0.3) is 11.8 Å². The third-order valence-electron chi connectivity index (χ3n) is 3.93. The number of anilines is 1. The maximum Gasteiger partial charge on any atom is 0.291 e. The van der Waals surface area contributed by atoms with Crippen LogP contribution in [0.15, 0.2) is 46.9 Å². The molecule has 0 spiro atoms. The predicted octanol–water partition coefficient (Wildman–Crippen LogP) is 4.27. The lowest BCUT2D eigenvalue weighted by molar-refractivity contribution is 0.0942. The van der Waals surface area contributed by atoms with Gasteiger partial charge in [-0.25, -0.2) is 4.39 Å². The van der Waals surface area contributed by atoms with E-state index in [9.17, 15) is 14.0 Å². The Morgan fingerprint density at radius 3 is 2.38 bits per heavy atom. The summed E-state index contributed by atoms with van der Waals surface area (Å²) >= 11 is 0. The quantitative estimate of drug-likeness (QED) is 0.735. The first-order chi connectivity index (χ1) is 12.3. The van der Waals surface area contributed by atoms with Gasteiger partial charge in [-0.1, -0.05) is 0 Å². The van der Waals surface area contributed by atoms with Crippen LogP contribution in [0.2, 0.25) is 0 Å². The Balaban J connectivity index is 1.78. The normalized spacial score (nSPS) is 11.0. The van der Waals surface area contributed by atoms with E-state index in [2.05, 4.69) is 10.6 Å². The third kappa shape index (κ3) is 3.59. The Hall–Kier alpha value is -3.15. The maximum absolute atomic E-state index is 13.4. The number of furan rings is 1. The molecule has 5 nitrogen and oxygen atoms in total. The number of halogens is 1. The molecule has 0 aliphatic rings. The molecular formula is C20H19FN2O3. The Morgan fingerprint density at radius 1 is 1.04 bits per heavy atom. The number of amides is 2. The van der Waals surface area contributed by atoms with E-state index < -0.39 is 5.91 Å². The van der Waals surface area contributed by atoms with Gasteiger partial charge in [0, 0.05) is 28.2 Å². The van der Waals surface area contributed by atoms with E-state index in [0.717, 1.165) is 0 Å². The monoisotopic (exact) mass is 354 g/mol. The number of aryl methyl sites for hydroxylation is 1. The topological polar surface area (TPSA) is 71.3 Å². The van der Waals surface area contributed by atoms with Crippen LogP contribution in [0.5, 0.6) is 0 Å². The number of nitrogens with one attached hydrogen (secondary N) is 2. The number of carbonyl (C=O) groups is 2. The van der Waals surface area contributed by atoms with E-state index in [0.29, 0.717) is 27.8 Å². The smallest absolute Gasteiger partial charge is 0.291 e. The van der Waals surface area contributed by atoms with Gasteiger partial charge in [-0.05, 0) is 63.2 Å². The fourth-order valence-electron chi connectivity index (χ4n) is 2.65. The molecule has 0 saturated carbocycles. The molecule has 0 aliphatic heterocycles. The van der Waals surface area contributed by atoms with Crippen molar-refractivity contribution in [2.75, 3.05) is 5.32 Å². The van der Waals surface area contributed by atoms with E-state index in [1.807, 2.05) is 13.8 Å². The molecule has 2 aromatic carbocycles. The van der Waals surface area contributed by atoms with Crippen LogP contribution in [0.3, 0.4) is 0 Å². The minimum Gasteiger partial charge on any atom is -0.451 e. The molecule has 0 radical (unpaired) electrons. The second kappa shape index (κ2) is 7.00. The summed E-state index contributed by atoms with van der Waals surface area (Å²) in [6.07, 6.45) is 0. The molecule has 26 heavy (non-hydrogen) atoms. The van der Waals surface area contributed by atoms with Crippen LogP contribution in [-0.2, 0) is 0 Å². The van der Waals surface area contributed by atoms with Gasteiger partial charge in [-0.15, -0.1) is 0 Å². The number of hydrogen-bond donors (Lipinski definition) is 2. The molecule has 0 fully saturated rings. The molecule has 3 rings (SSSR count). The van der Waals surface area contributed by atoms with Gasteiger partial charge in [0.15, 0.2) is 5.76 Å². The molecular weight excluding hydrogens is 335 g/mol. The Kier molecular flexibility index (Phi) is 4.75. The van der Waals surface area contributed by atoms with Crippen molar-refractivity contribution < 1.29 is 18.4 Å². The van der Waals surface area contributed by atoms with Crippen molar-refractivity contribution in [2.24, 2.45) is 0 Å². The van der Waals surface area contributed by atoms with Gasteiger partial charge >= 0.3 is 0 Å². The highest BCUT2D eigenvalue weighted by molar-refractivity contribution is 6.06. The summed E-state index contributed by atoms with van der Waals surface area (Å²) in [6, 6.07) is 10.7. The summed E-state index contributed by atoms with van der Waals surface area (Å²) in [5, 5.41) is 6.09. The average molecular weight is 354 g/mol. The number of hydrogen-bond acceptors (Lipinski definition) is 3. The summed E-state index contributed by atoms with van der Waals surface area (Å²) in [6.45, 7) is 5.47. The number of fused-ring (bicyclic) bond motifs is 1. The van der Waals surface area contributed by atoms with Crippen molar-refractivity contribution in [3.8, 4) is 0 Å². The molecule has 2 N–H and O–H groups in total. The number of rotatable bonds is 4. The summed E-state index contributed by atoms with van der Waals surface area (Å²) in [5.74, 6) is -0.859. The molecule has 134 valence electrons. The molecule has 0 aliphatic carbocycles. The van der Waals surface area contributed by atoms with Crippen LogP contribution in [-0.4, -0.2) is 17.9 Å². The van der Waals surface area contributed by atoms with Crippen LogP contribution in [0, 0.1) is 12.7 Å². The fourth-order valence-corrected chi connectivity index (χ4v) is 2.65. The average Bonchev–Trinajstić information content (AvgIpc) is 2.91. The van der Waals surface area contributed by atoms with Crippen molar-refractivity contribution in [3.63, 3.8) is 0 Å². The van der Waals surface area contributed by atoms with Crippen LogP contribution in [0.1, 0.15) is 40.3 Å². The van der Waals surface area contributed by atoms with Crippen molar-refractivity contribution in [1.82, 2.24) is 5.32 Å². The molecule has 0 atom stereocenters. The first kappa shape index (κ1) is 17.7. The van der Waals surface area contributed by atoms with Crippen LogP contribution >= 0.6 is 0 Å². The van der Waals surface area contributed by atoms with E-state index in [4.69, 9.17) is 4.42 Å². The lowest BCUT2D eigenvalue weighted by Crippen LogP contribution is -2.30. The molecule has 0 bridgehead atoms. The summed E-state index contributed by atoms with van der Waals surface area (Å²) in [7, 11) is 0. The first-order valence-corrected chi connectivity index (χ1v) is 8.26. The highest BCUT2D eigenvalue weighted by Crippen LogP contribution is 2.26. The number of carbonyl (C=O) groups excluding carboxylic acids is 2. The van der Waals surface area contributed by atoms with Gasteiger partial charge in [0.05, 0.1) is 0 Å². The van der Waals surface area contributed by atoms with E-state index in [1.54, 1.807) is 31.2 Å². The minimum absolute atomic E-state index is 0.0442. The SMILES string of the molecule is Cc1c(C(=O)Nc2ccc(C(=O)NC(C)C)cc2)oc2ccc(F)cc12. The van der Waals surface area contributed by atoms with Crippen LogP contribution in [0.4, 0.5) is 10.1 Å². The van der Waals surface area contributed by atoms with E-state index >= 15 is 0 Å². The van der Waals surface area contributed by atoms with Gasteiger partial charge in [0.1, 0.15) is 11.4 Å². The summed E-state index contributed by atoms with van der Waals surface area (Å²) in [4.78, 5) is 24.4. The summed E-state index contributed by atoms with van der Waals surface area (Å²) < 4.78 is 18.9. The Labute approximate surface area is 150 Å². The largest absolute Gasteiger partial charge is 0.451 e. The standard InChI is InChI=1S/C20H19FN2O3/c1-11(2)22-19(24)13-4-7-15(8-5-13)23-20(25)18-12(3)16-10-14(21)6-9-17(16)26-18/h4-11H,1-3H3,(H,22,24)(H,23,25). The lowest BCUT2D eigenvalue weighted by atomic mass is 10.1. The van der Waals surface area contributed by atoms with Crippen molar-refractivity contribution >= 4 is 28.5 Å². The van der Waals surface area contributed by atoms with Gasteiger partial charge in [-0.3, -0.25) is 9.59 Å². The maximum atomic E-state index is 13.4. The molecule has 0 saturated heterocycles. The number of benzene rings is 2. The van der Waals surface area contributed by atoms with Crippen LogP contribution in [0.25, 0.3) is 11.0 Å². The van der Waals surface area contributed by atoms with Gasteiger partial charge in [0.2, 0.25) is 0 Å². The van der Waals surface area contributed by atoms with E-state index in [1.165, 1.54) is 18.2 Å². The van der Waals surface area contributed by atoms with Crippen molar-refractivity contribution in [3.05, 3.63) is 65.2 Å². The first-order valence-electron chi connectivity index (χ1n) is 8.26. The molecule has 0 unspecified atom stereocenters. The minimum atomic E-state index is -0.432. The van der Waals surface area contributed by atoms with Gasteiger partial charge < -0.3 is 15.1 Å². The zero-order valence-corrected chi connectivity index (χ0v) is 14.7. The Morgan fingerprint density at radius 2 is 1.73 bits per heavy atom. The van der Waals surface area contributed by atoms with Crippen molar-refractivity contribution in [1.29, 1.82) is 0 Å². The lowest BCUT2D eigenvalue weighted by Gasteiger charge is -2.09. The summed E-state index contributed by atoms with van der Waals surface area (Å²) in [5.41, 5.74) is 2.06. The second-order valence-electron chi connectivity index (χ2n) is 6.36. The predicted molar refractivity (Wildman–Crippen MR) is 97.9 cm³/mol. The van der Waals surface area contributed by atoms with E-state index in [-0.39, 0.29) is 23.5 Å². The van der Waals surface area contributed by atoms with Gasteiger partial charge in [-0.2, -0.15) is 0 Å².